The van der Waals surface area contributed by atoms with Crippen LogP contribution in [-0.2, 0) is 13.1 Å². The summed E-state index contributed by atoms with van der Waals surface area (Å²) in [6, 6.07) is 11.1. The fraction of sp³-hybridized carbons (Fsp3) is 0.409. The van der Waals surface area contributed by atoms with Crippen molar-refractivity contribution in [2.45, 2.75) is 45.3 Å². The fourth-order valence-electron chi connectivity index (χ4n) is 3.43. The number of carbonyl (C=O) groups excluding carboxylic acids is 1. The van der Waals surface area contributed by atoms with Gasteiger partial charge in [-0.15, -0.1) is 0 Å². The monoisotopic (exact) mass is 387 g/mol. The van der Waals surface area contributed by atoms with Crippen LogP contribution in [0.5, 0.6) is 0 Å². The van der Waals surface area contributed by atoms with E-state index < -0.39 is 17.7 Å². The van der Waals surface area contributed by atoms with E-state index in [0.717, 1.165) is 24.2 Å². The molecule has 0 saturated carbocycles. The molecule has 1 heterocycles. The zero-order valence-electron chi connectivity index (χ0n) is 16.2. The molecule has 0 spiro atoms. The van der Waals surface area contributed by atoms with Crippen LogP contribution in [0.4, 0.5) is 13.6 Å². The van der Waals surface area contributed by atoms with Crippen LogP contribution < -0.4 is 10.6 Å². The number of benzene rings is 2. The van der Waals surface area contributed by atoms with Crippen molar-refractivity contribution in [2.75, 3.05) is 13.1 Å². The molecule has 28 heavy (non-hydrogen) atoms. The Labute approximate surface area is 164 Å². The van der Waals surface area contributed by atoms with Gasteiger partial charge in [0.1, 0.15) is 0 Å². The number of urea groups is 1. The second-order valence-corrected chi connectivity index (χ2v) is 7.38. The Morgan fingerprint density at radius 1 is 1.00 bits per heavy atom. The number of halogens is 2. The van der Waals surface area contributed by atoms with Crippen molar-refractivity contribution in [1.82, 2.24) is 15.5 Å². The standard InChI is InChI=1S/C22H27F2N3O/c1-16(19-9-10-20(23)21(24)13-19)26-22(28)25-14-17-5-7-18(8-6-17)15-27-11-3-2-4-12-27/h5-10,13,16H,2-4,11-12,14-15H2,1H3,(H2,25,26,28)/t16-/m1/s1. The molecular formula is C22H27F2N3O. The first-order valence-corrected chi connectivity index (χ1v) is 9.81. The third-order valence-electron chi connectivity index (χ3n) is 5.12. The average molecular weight is 387 g/mol. The summed E-state index contributed by atoms with van der Waals surface area (Å²) in [7, 11) is 0. The highest BCUT2D eigenvalue weighted by Gasteiger charge is 2.12. The smallest absolute Gasteiger partial charge is 0.315 e. The van der Waals surface area contributed by atoms with E-state index in [1.807, 2.05) is 12.1 Å². The van der Waals surface area contributed by atoms with Gasteiger partial charge in [-0.2, -0.15) is 0 Å². The number of nitrogens with zero attached hydrogens (tertiary/aromatic N) is 1. The third kappa shape index (κ3) is 5.76. The summed E-state index contributed by atoms with van der Waals surface area (Å²) >= 11 is 0. The lowest BCUT2D eigenvalue weighted by Crippen LogP contribution is -2.36. The highest BCUT2D eigenvalue weighted by Crippen LogP contribution is 2.16. The lowest BCUT2D eigenvalue weighted by atomic mass is 10.1. The van der Waals surface area contributed by atoms with Crippen LogP contribution in [0.1, 0.15) is 48.9 Å². The molecule has 3 rings (SSSR count). The van der Waals surface area contributed by atoms with Crippen molar-refractivity contribution < 1.29 is 13.6 Å². The van der Waals surface area contributed by atoms with Crippen molar-refractivity contribution in [3.8, 4) is 0 Å². The average Bonchev–Trinajstić information content (AvgIpc) is 2.70. The second-order valence-electron chi connectivity index (χ2n) is 7.38. The van der Waals surface area contributed by atoms with E-state index in [1.165, 1.54) is 44.0 Å². The van der Waals surface area contributed by atoms with Crippen LogP contribution in [0.3, 0.4) is 0 Å². The van der Waals surface area contributed by atoms with Gasteiger partial charge in [-0.3, -0.25) is 4.90 Å². The molecule has 1 atom stereocenters. The van der Waals surface area contributed by atoms with Gasteiger partial charge in [-0.05, 0) is 61.7 Å². The topological polar surface area (TPSA) is 44.4 Å². The van der Waals surface area contributed by atoms with Crippen molar-refractivity contribution in [3.63, 3.8) is 0 Å². The Kier molecular flexibility index (Phi) is 6.98. The number of piperidine rings is 1. The maximum absolute atomic E-state index is 13.3. The zero-order chi connectivity index (χ0) is 19.9. The Morgan fingerprint density at radius 3 is 2.36 bits per heavy atom. The predicted molar refractivity (Wildman–Crippen MR) is 106 cm³/mol. The van der Waals surface area contributed by atoms with Gasteiger partial charge in [0.15, 0.2) is 11.6 Å². The first kappa shape index (κ1) is 20.3. The molecule has 0 aromatic heterocycles. The molecule has 4 nitrogen and oxygen atoms in total. The summed E-state index contributed by atoms with van der Waals surface area (Å²) < 4.78 is 26.3. The van der Waals surface area contributed by atoms with Crippen LogP contribution in [0, 0.1) is 11.6 Å². The molecule has 0 aliphatic carbocycles. The van der Waals surface area contributed by atoms with E-state index in [4.69, 9.17) is 0 Å². The number of nitrogens with one attached hydrogen (secondary N) is 2. The van der Waals surface area contributed by atoms with E-state index in [9.17, 15) is 13.6 Å². The summed E-state index contributed by atoms with van der Waals surface area (Å²) in [5.41, 5.74) is 2.80. The maximum Gasteiger partial charge on any atom is 0.315 e. The minimum Gasteiger partial charge on any atom is -0.334 e. The lowest BCUT2D eigenvalue weighted by Gasteiger charge is -2.26. The summed E-state index contributed by atoms with van der Waals surface area (Å²) in [4.78, 5) is 14.6. The highest BCUT2D eigenvalue weighted by atomic mass is 19.2. The summed E-state index contributed by atoms with van der Waals surface area (Å²) in [5.74, 6) is -1.82. The van der Waals surface area contributed by atoms with E-state index >= 15 is 0 Å². The molecule has 1 fully saturated rings. The number of hydrogen-bond donors (Lipinski definition) is 2. The van der Waals surface area contributed by atoms with Gasteiger partial charge < -0.3 is 10.6 Å². The van der Waals surface area contributed by atoms with Gasteiger partial charge in [0, 0.05) is 13.1 Å². The lowest BCUT2D eigenvalue weighted by molar-refractivity contribution is 0.221. The van der Waals surface area contributed by atoms with Crippen LogP contribution in [0.25, 0.3) is 0 Å². The molecule has 0 radical (unpaired) electrons. The predicted octanol–water partition coefficient (Wildman–Crippen LogP) is 4.51. The van der Waals surface area contributed by atoms with Crippen molar-refractivity contribution in [3.05, 3.63) is 70.8 Å². The molecule has 0 unspecified atom stereocenters. The molecule has 0 bridgehead atoms. The number of likely N-dealkylation sites (tertiary alicyclic amines) is 1. The van der Waals surface area contributed by atoms with E-state index in [-0.39, 0.29) is 6.03 Å². The van der Waals surface area contributed by atoms with Crippen LogP contribution in [0.15, 0.2) is 42.5 Å². The SMILES string of the molecule is C[C@@H](NC(=O)NCc1ccc(CN2CCCCC2)cc1)c1ccc(F)c(F)c1. The molecule has 2 aromatic rings. The normalized spacial score (nSPS) is 15.8. The van der Waals surface area contributed by atoms with Crippen molar-refractivity contribution in [1.29, 1.82) is 0 Å². The molecule has 150 valence electrons. The maximum atomic E-state index is 13.3. The summed E-state index contributed by atoms with van der Waals surface area (Å²) in [5, 5.41) is 5.53. The quantitative estimate of drug-likeness (QED) is 0.766. The minimum absolute atomic E-state index is 0.352. The van der Waals surface area contributed by atoms with Crippen molar-refractivity contribution >= 4 is 6.03 Å². The van der Waals surface area contributed by atoms with Crippen LogP contribution >= 0.6 is 0 Å². The molecule has 2 amide bonds. The van der Waals surface area contributed by atoms with Gasteiger partial charge in [-0.25, -0.2) is 13.6 Å². The number of rotatable bonds is 6. The Hall–Kier alpha value is -2.47. The summed E-state index contributed by atoms with van der Waals surface area (Å²) in [6.07, 6.45) is 3.89. The first-order valence-electron chi connectivity index (χ1n) is 9.81. The first-order chi connectivity index (χ1) is 13.5. The molecule has 2 N–H and O–H groups in total. The number of hydrogen-bond acceptors (Lipinski definition) is 2. The molecule has 6 heteroatoms. The van der Waals surface area contributed by atoms with Gasteiger partial charge in [0.25, 0.3) is 0 Å². The van der Waals surface area contributed by atoms with Crippen molar-refractivity contribution in [2.24, 2.45) is 0 Å². The number of carbonyl (C=O) groups is 1. The molecule has 1 aliphatic heterocycles. The minimum atomic E-state index is -0.920. The molecule has 1 saturated heterocycles. The fourth-order valence-corrected chi connectivity index (χ4v) is 3.43. The largest absolute Gasteiger partial charge is 0.334 e. The summed E-state index contributed by atoms with van der Waals surface area (Å²) in [6.45, 7) is 5.43. The van der Waals surface area contributed by atoms with E-state index in [0.29, 0.717) is 12.1 Å². The van der Waals surface area contributed by atoms with Gasteiger partial charge in [0.2, 0.25) is 0 Å². The number of amides is 2. The van der Waals surface area contributed by atoms with Crippen LogP contribution in [-0.4, -0.2) is 24.0 Å². The van der Waals surface area contributed by atoms with E-state index in [1.54, 1.807) is 6.92 Å². The second kappa shape index (κ2) is 9.64. The highest BCUT2D eigenvalue weighted by molar-refractivity contribution is 5.74. The van der Waals surface area contributed by atoms with E-state index in [2.05, 4.69) is 27.7 Å². The van der Waals surface area contributed by atoms with Gasteiger partial charge >= 0.3 is 6.03 Å². The molecule has 2 aromatic carbocycles. The molecule has 1 aliphatic rings. The Balaban J connectivity index is 1.45. The molecular weight excluding hydrogens is 360 g/mol. The van der Waals surface area contributed by atoms with Gasteiger partial charge in [-0.1, -0.05) is 36.8 Å². The Bertz CT molecular complexity index is 789. The van der Waals surface area contributed by atoms with Gasteiger partial charge in [0.05, 0.1) is 6.04 Å². The van der Waals surface area contributed by atoms with Crippen LogP contribution in [0.2, 0.25) is 0 Å². The zero-order valence-corrected chi connectivity index (χ0v) is 16.2. The Morgan fingerprint density at radius 2 is 1.68 bits per heavy atom. The third-order valence-corrected chi connectivity index (χ3v) is 5.12.